The number of fused-ring (bicyclic) bond motifs is 1. The van der Waals surface area contributed by atoms with Gasteiger partial charge in [0.05, 0.1) is 7.11 Å². The van der Waals surface area contributed by atoms with Crippen molar-refractivity contribution in [3.8, 4) is 17.2 Å². The molecule has 4 nitrogen and oxygen atoms in total. The minimum Gasteiger partial charge on any atom is -0.493 e. The third kappa shape index (κ3) is 3.11. The zero-order chi connectivity index (χ0) is 16.9. The van der Waals surface area contributed by atoms with Crippen molar-refractivity contribution < 1.29 is 19.0 Å². The Kier molecular flexibility index (Phi) is 5.48. The molecule has 1 aliphatic heterocycles. The van der Waals surface area contributed by atoms with Crippen molar-refractivity contribution in [2.75, 3.05) is 20.3 Å². The number of hydrogen-bond acceptors (Lipinski definition) is 4. The average molecular weight is 316 g/mol. The molecule has 4 heteroatoms. The van der Waals surface area contributed by atoms with E-state index in [0.29, 0.717) is 43.3 Å². The van der Waals surface area contributed by atoms with E-state index >= 15 is 0 Å². The van der Waals surface area contributed by atoms with Crippen LogP contribution in [-0.2, 0) is 10.2 Å². The molecule has 2 aliphatic rings. The van der Waals surface area contributed by atoms with Gasteiger partial charge in [-0.25, -0.2) is 0 Å². The van der Waals surface area contributed by atoms with Gasteiger partial charge in [-0.05, 0) is 18.9 Å². The summed E-state index contributed by atoms with van der Waals surface area (Å²) in [6.07, 6.45) is 4.69. The Morgan fingerprint density at radius 2 is 1.74 bits per heavy atom. The fraction of sp³-hybridized carbons (Fsp3) is 0.421. The van der Waals surface area contributed by atoms with E-state index in [-0.39, 0.29) is 5.41 Å². The predicted molar refractivity (Wildman–Crippen MR) is 90.6 cm³/mol. The summed E-state index contributed by atoms with van der Waals surface area (Å²) < 4.78 is 17.0. The van der Waals surface area contributed by atoms with Crippen LogP contribution in [0.4, 0.5) is 0 Å². The van der Waals surface area contributed by atoms with E-state index in [4.69, 9.17) is 14.2 Å². The molecular weight excluding hydrogens is 292 g/mol. The molecule has 1 fully saturated rings. The molecule has 0 radical (unpaired) electrons. The normalized spacial score (nSPS) is 18.4. The first-order valence-corrected chi connectivity index (χ1v) is 7.82. The maximum absolute atomic E-state index is 11.6. The molecule has 1 heterocycles. The third-order valence-corrected chi connectivity index (χ3v) is 4.50. The smallest absolute Gasteiger partial charge is 0.204 e. The monoisotopic (exact) mass is 316 g/mol. The number of ketones is 1. The van der Waals surface area contributed by atoms with Gasteiger partial charge in [0.2, 0.25) is 5.75 Å². The molecule has 0 saturated heterocycles. The summed E-state index contributed by atoms with van der Waals surface area (Å²) in [4.78, 5) is 11.6. The first kappa shape index (κ1) is 17.1. The lowest BCUT2D eigenvalue weighted by Gasteiger charge is -2.37. The number of methoxy groups -OCH3 is 1. The molecule has 124 valence electrons. The zero-order valence-corrected chi connectivity index (χ0v) is 13.7. The van der Waals surface area contributed by atoms with Crippen LogP contribution in [0.2, 0.25) is 0 Å². The first-order chi connectivity index (χ1) is 11.2. The Hall–Kier alpha value is -2.23. The molecule has 0 atom stereocenters. The molecule has 3 rings (SSSR count). The topological polar surface area (TPSA) is 44.8 Å². The lowest BCUT2D eigenvalue weighted by Crippen LogP contribution is -2.31. The molecule has 0 amide bonds. The molecule has 0 bridgehead atoms. The summed E-state index contributed by atoms with van der Waals surface area (Å²) in [7, 11) is 1.62. The minimum absolute atomic E-state index is 0.217. The average Bonchev–Trinajstić information content (AvgIpc) is 2.63. The van der Waals surface area contributed by atoms with E-state index in [1.165, 1.54) is 0 Å². The van der Waals surface area contributed by atoms with Gasteiger partial charge in [0.15, 0.2) is 11.5 Å². The second-order valence-corrected chi connectivity index (χ2v) is 5.57. The highest BCUT2D eigenvalue weighted by Crippen LogP contribution is 2.50. The Morgan fingerprint density at radius 3 is 2.30 bits per heavy atom. The number of Topliss-reactive ketones (excluding diaryl/α,β-unsaturated/α-hetero) is 1. The minimum atomic E-state index is -0.217. The Morgan fingerprint density at radius 1 is 1.13 bits per heavy atom. The molecule has 1 aromatic rings. The van der Waals surface area contributed by atoms with Gasteiger partial charge in [-0.15, -0.1) is 19.7 Å². The van der Waals surface area contributed by atoms with Crippen LogP contribution in [0, 0.1) is 0 Å². The van der Waals surface area contributed by atoms with Crippen LogP contribution in [0.1, 0.15) is 31.2 Å². The number of rotatable bonds is 3. The Balaban J connectivity index is 0.000000924. The fourth-order valence-corrected chi connectivity index (χ4v) is 3.22. The van der Waals surface area contributed by atoms with Crippen molar-refractivity contribution in [2.45, 2.75) is 31.1 Å². The summed E-state index contributed by atoms with van der Waals surface area (Å²) in [6.45, 7) is 11.1. The van der Waals surface area contributed by atoms with Gasteiger partial charge < -0.3 is 14.2 Å². The van der Waals surface area contributed by atoms with Crippen molar-refractivity contribution in [3.05, 3.63) is 43.5 Å². The quantitative estimate of drug-likeness (QED) is 0.795. The van der Waals surface area contributed by atoms with Gasteiger partial charge in [0.25, 0.3) is 0 Å². The first-order valence-electron chi connectivity index (χ1n) is 7.82. The molecule has 0 N–H and O–H groups in total. The van der Waals surface area contributed by atoms with Crippen LogP contribution in [0.15, 0.2) is 37.9 Å². The molecule has 1 saturated carbocycles. The van der Waals surface area contributed by atoms with Gasteiger partial charge in [0.1, 0.15) is 19.0 Å². The van der Waals surface area contributed by atoms with Gasteiger partial charge in [0, 0.05) is 23.8 Å². The Labute approximate surface area is 137 Å². The van der Waals surface area contributed by atoms with E-state index in [0.717, 1.165) is 24.2 Å². The van der Waals surface area contributed by atoms with Gasteiger partial charge in [-0.2, -0.15) is 0 Å². The molecule has 1 aromatic carbocycles. The van der Waals surface area contributed by atoms with E-state index in [9.17, 15) is 4.79 Å². The van der Waals surface area contributed by atoms with E-state index in [2.05, 4.69) is 19.7 Å². The standard InChI is InChI=1S/C17H20O4.C2H4/c1-3-17(8-6-12(18)7-9-17)13-4-5-14(19-2)16-15(13)20-10-11-21-16;1-2/h3-5H,1,6-11H2,2H3;1-2H2. The third-order valence-electron chi connectivity index (χ3n) is 4.50. The van der Waals surface area contributed by atoms with E-state index in [1.807, 2.05) is 18.2 Å². The van der Waals surface area contributed by atoms with Crippen molar-refractivity contribution in [3.63, 3.8) is 0 Å². The second-order valence-electron chi connectivity index (χ2n) is 5.57. The summed E-state index contributed by atoms with van der Waals surface area (Å²) in [5.41, 5.74) is 0.839. The van der Waals surface area contributed by atoms with Crippen LogP contribution in [-0.4, -0.2) is 26.1 Å². The van der Waals surface area contributed by atoms with Crippen molar-refractivity contribution in [1.29, 1.82) is 0 Å². The molecule has 0 spiro atoms. The van der Waals surface area contributed by atoms with Crippen LogP contribution in [0.3, 0.4) is 0 Å². The molecule has 1 aliphatic carbocycles. The summed E-state index contributed by atoms with van der Waals surface area (Å²) >= 11 is 0. The molecule has 23 heavy (non-hydrogen) atoms. The lowest BCUT2D eigenvalue weighted by atomic mass is 9.69. The molecule has 0 unspecified atom stereocenters. The van der Waals surface area contributed by atoms with E-state index in [1.54, 1.807) is 7.11 Å². The summed E-state index contributed by atoms with van der Waals surface area (Å²) in [5.74, 6) is 2.42. The van der Waals surface area contributed by atoms with Crippen LogP contribution in [0.5, 0.6) is 17.2 Å². The van der Waals surface area contributed by atoms with Crippen molar-refractivity contribution >= 4 is 5.78 Å². The van der Waals surface area contributed by atoms with Crippen LogP contribution in [0.25, 0.3) is 0 Å². The Bertz CT molecular complexity index is 581. The summed E-state index contributed by atoms with van der Waals surface area (Å²) in [5, 5.41) is 0. The maximum Gasteiger partial charge on any atom is 0.204 e. The fourth-order valence-electron chi connectivity index (χ4n) is 3.22. The number of allylic oxidation sites excluding steroid dienone is 1. The second kappa shape index (κ2) is 7.36. The van der Waals surface area contributed by atoms with Crippen molar-refractivity contribution in [2.24, 2.45) is 0 Å². The number of ether oxygens (including phenoxy) is 3. The van der Waals surface area contributed by atoms with Crippen LogP contribution < -0.4 is 14.2 Å². The molecular formula is C19H24O4. The van der Waals surface area contributed by atoms with Gasteiger partial charge in [-0.1, -0.05) is 12.1 Å². The summed E-state index contributed by atoms with van der Waals surface area (Å²) in [6, 6.07) is 3.92. The van der Waals surface area contributed by atoms with Crippen LogP contribution >= 0.6 is 0 Å². The predicted octanol–water partition coefficient (Wildman–Crippen LogP) is 3.84. The number of benzene rings is 1. The van der Waals surface area contributed by atoms with Crippen molar-refractivity contribution in [1.82, 2.24) is 0 Å². The highest BCUT2D eigenvalue weighted by atomic mass is 16.6. The maximum atomic E-state index is 11.6. The SMILES string of the molecule is C=C.C=CC1(c2ccc(OC)c3c2OCCO3)CCC(=O)CC1. The number of hydrogen-bond donors (Lipinski definition) is 0. The highest BCUT2D eigenvalue weighted by Gasteiger charge is 2.38. The number of carbonyl (C=O) groups excluding carboxylic acids is 1. The van der Waals surface area contributed by atoms with E-state index < -0.39 is 0 Å². The zero-order valence-electron chi connectivity index (χ0n) is 13.7. The van der Waals surface area contributed by atoms with Gasteiger partial charge in [-0.3, -0.25) is 4.79 Å². The highest BCUT2D eigenvalue weighted by molar-refractivity contribution is 5.80. The largest absolute Gasteiger partial charge is 0.493 e. The molecule has 0 aromatic heterocycles. The lowest BCUT2D eigenvalue weighted by molar-refractivity contribution is -0.121. The van der Waals surface area contributed by atoms with Gasteiger partial charge >= 0.3 is 0 Å². The number of carbonyl (C=O) groups is 1.